The molecule has 2 saturated heterocycles. The lowest BCUT2D eigenvalue weighted by Crippen LogP contribution is -2.48. The van der Waals surface area contributed by atoms with E-state index in [0.29, 0.717) is 19.1 Å². The van der Waals surface area contributed by atoms with Crippen LogP contribution in [0.4, 0.5) is 5.82 Å². The molecular weight excluding hydrogens is 342 g/mol. The van der Waals surface area contributed by atoms with E-state index < -0.39 is 0 Å². The molecule has 1 aromatic rings. The Morgan fingerprint density at radius 2 is 1.93 bits per heavy atom. The molecule has 0 atom stereocenters. The second-order valence-electron chi connectivity index (χ2n) is 7.36. The Balaban J connectivity index is 1.31. The van der Waals surface area contributed by atoms with Crippen molar-refractivity contribution in [3.63, 3.8) is 0 Å². The molecule has 0 spiro atoms. The van der Waals surface area contributed by atoms with Gasteiger partial charge < -0.3 is 20.3 Å². The van der Waals surface area contributed by atoms with Gasteiger partial charge in [-0.2, -0.15) is 0 Å². The van der Waals surface area contributed by atoms with Gasteiger partial charge in [-0.3, -0.25) is 9.69 Å². The van der Waals surface area contributed by atoms with Crippen molar-refractivity contribution in [1.29, 1.82) is 0 Å². The van der Waals surface area contributed by atoms with Crippen LogP contribution in [-0.4, -0.2) is 85.8 Å². The highest BCUT2D eigenvalue weighted by molar-refractivity contribution is 5.76. The highest BCUT2D eigenvalue weighted by atomic mass is 16.5. The number of hydrogen-bond donors (Lipinski definition) is 1. The Morgan fingerprint density at radius 1 is 1.15 bits per heavy atom. The Kier molecular flexibility index (Phi) is 7.86. The summed E-state index contributed by atoms with van der Waals surface area (Å²) < 4.78 is 5.82. The van der Waals surface area contributed by atoms with Crippen LogP contribution in [0.25, 0.3) is 0 Å². The molecule has 7 heteroatoms. The third kappa shape index (κ3) is 6.16. The molecule has 27 heavy (non-hydrogen) atoms. The van der Waals surface area contributed by atoms with Gasteiger partial charge in [-0.05, 0) is 37.9 Å². The lowest BCUT2D eigenvalue weighted by molar-refractivity contribution is -0.134. The number of hydrogen-bond acceptors (Lipinski definition) is 6. The predicted molar refractivity (Wildman–Crippen MR) is 107 cm³/mol. The van der Waals surface area contributed by atoms with Crippen molar-refractivity contribution in [2.45, 2.75) is 31.8 Å². The van der Waals surface area contributed by atoms with Crippen molar-refractivity contribution in [1.82, 2.24) is 14.8 Å². The van der Waals surface area contributed by atoms with Crippen molar-refractivity contribution in [3.05, 3.63) is 24.4 Å². The minimum Gasteiger partial charge on any atom is -0.378 e. The molecule has 2 aliphatic rings. The molecule has 1 aromatic heterocycles. The average Bonchev–Trinajstić information content (AvgIpc) is 2.74. The topological polar surface area (TPSA) is 74.9 Å². The van der Waals surface area contributed by atoms with E-state index in [9.17, 15) is 4.79 Å². The molecule has 2 aliphatic heterocycles. The van der Waals surface area contributed by atoms with Gasteiger partial charge >= 0.3 is 0 Å². The van der Waals surface area contributed by atoms with E-state index in [1.54, 1.807) is 0 Å². The van der Waals surface area contributed by atoms with Crippen LogP contribution >= 0.6 is 0 Å². The molecule has 0 saturated carbocycles. The van der Waals surface area contributed by atoms with Crippen LogP contribution in [0.5, 0.6) is 0 Å². The molecule has 0 aliphatic carbocycles. The largest absolute Gasteiger partial charge is 0.378 e. The first-order valence-corrected chi connectivity index (χ1v) is 10.2. The fourth-order valence-corrected chi connectivity index (χ4v) is 3.76. The fourth-order valence-electron chi connectivity index (χ4n) is 3.76. The van der Waals surface area contributed by atoms with Gasteiger partial charge in [-0.15, -0.1) is 0 Å². The maximum Gasteiger partial charge on any atom is 0.223 e. The van der Waals surface area contributed by atoms with E-state index in [4.69, 9.17) is 10.5 Å². The van der Waals surface area contributed by atoms with Crippen molar-refractivity contribution in [3.8, 4) is 0 Å². The molecule has 0 bridgehead atoms. The van der Waals surface area contributed by atoms with Crippen LogP contribution in [0.2, 0.25) is 0 Å². The zero-order valence-electron chi connectivity index (χ0n) is 16.3. The predicted octanol–water partition coefficient (Wildman–Crippen LogP) is 0.950. The highest BCUT2D eigenvalue weighted by Gasteiger charge is 2.24. The standard InChI is InChI=1S/C20H33N5O2/c21-8-3-17-27-18-5-11-25(12-6-18)20(26)7-10-23-13-15-24(16-14-23)19-4-1-2-9-22-19/h1-2,4,9,18H,3,5-8,10-17,21H2. The number of ether oxygens (including phenoxy) is 1. The zero-order valence-corrected chi connectivity index (χ0v) is 16.3. The number of anilines is 1. The van der Waals surface area contributed by atoms with Gasteiger partial charge in [-0.1, -0.05) is 6.07 Å². The maximum atomic E-state index is 12.5. The molecule has 0 aromatic carbocycles. The summed E-state index contributed by atoms with van der Waals surface area (Å²) in [5.74, 6) is 1.33. The summed E-state index contributed by atoms with van der Waals surface area (Å²) in [4.78, 5) is 23.6. The molecule has 150 valence electrons. The number of carbonyl (C=O) groups is 1. The number of aromatic nitrogens is 1. The Morgan fingerprint density at radius 3 is 2.59 bits per heavy atom. The number of likely N-dealkylation sites (tertiary alicyclic amines) is 1. The molecule has 0 radical (unpaired) electrons. The van der Waals surface area contributed by atoms with Gasteiger partial charge in [0, 0.05) is 65.0 Å². The maximum absolute atomic E-state index is 12.5. The highest BCUT2D eigenvalue weighted by Crippen LogP contribution is 2.16. The SMILES string of the molecule is NCCCOC1CCN(C(=O)CCN2CCN(c3ccccn3)CC2)CC1. The summed E-state index contributed by atoms with van der Waals surface area (Å²) in [6, 6.07) is 6.03. The van der Waals surface area contributed by atoms with Crippen molar-refractivity contribution in [2.75, 3.05) is 63.9 Å². The first-order chi connectivity index (χ1) is 13.3. The number of piperidine rings is 1. The third-order valence-corrected chi connectivity index (χ3v) is 5.48. The van der Waals surface area contributed by atoms with Gasteiger partial charge in [0.05, 0.1) is 6.10 Å². The third-order valence-electron chi connectivity index (χ3n) is 5.48. The number of nitrogens with two attached hydrogens (primary N) is 1. The second kappa shape index (κ2) is 10.6. The normalized spacial score (nSPS) is 19.4. The number of rotatable bonds is 8. The van der Waals surface area contributed by atoms with E-state index in [1.807, 2.05) is 23.2 Å². The summed E-state index contributed by atoms with van der Waals surface area (Å²) in [6.45, 7) is 7.81. The Bertz CT molecular complexity index is 555. The van der Waals surface area contributed by atoms with E-state index >= 15 is 0 Å². The lowest BCUT2D eigenvalue weighted by Gasteiger charge is -2.36. The van der Waals surface area contributed by atoms with Crippen LogP contribution in [0.3, 0.4) is 0 Å². The molecule has 3 rings (SSSR count). The number of piperazine rings is 1. The van der Waals surface area contributed by atoms with Gasteiger partial charge in [0.25, 0.3) is 0 Å². The Hall–Kier alpha value is -1.70. The molecular formula is C20H33N5O2. The van der Waals surface area contributed by atoms with E-state index in [0.717, 1.165) is 77.5 Å². The van der Waals surface area contributed by atoms with Crippen molar-refractivity contribution in [2.24, 2.45) is 5.73 Å². The monoisotopic (exact) mass is 375 g/mol. The Labute approximate surface area is 162 Å². The van der Waals surface area contributed by atoms with Gasteiger partial charge in [-0.25, -0.2) is 4.98 Å². The summed E-state index contributed by atoms with van der Waals surface area (Å²) >= 11 is 0. The van der Waals surface area contributed by atoms with Crippen LogP contribution in [0.1, 0.15) is 25.7 Å². The quantitative estimate of drug-likeness (QED) is 0.682. The zero-order chi connectivity index (χ0) is 18.9. The summed E-state index contributed by atoms with van der Waals surface area (Å²) in [6.07, 6.45) is 5.54. The molecule has 2 N–H and O–H groups in total. The van der Waals surface area contributed by atoms with E-state index in [2.05, 4.69) is 20.9 Å². The van der Waals surface area contributed by atoms with Crippen LogP contribution in [0, 0.1) is 0 Å². The second-order valence-corrected chi connectivity index (χ2v) is 7.36. The summed E-state index contributed by atoms with van der Waals surface area (Å²) in [5.41, 5.74) is 5.50. The van der Waals surface area contributed by atoms with Crippen LogP contribution < -0.4 is 10.6 Å². The first-order valence-electron chi connectivity index (χ1n) is 10.2. The number of pyridine rings is 1. The molecule has 0 unspecified atom stereocenters. The lowest BCUT2D eigenvalue weighted by atomic mass is 10.1. The van der Waals surface area contributed by atoms with Crippen LogP contribution in [-0.2, 0) is 9.53 Å². The van der Waals surface area contributed by atoms with Crippen molar-refractivity contribution >= 4 is 11.7 Å². The van der Waals surface area contributed by atoms with Gasteiger partial charge in [0.1, 0.15) is 5.82 Å². The van der Waals surface area contributed by atoms with Crippen LogP contribution in [0.15, 0.2) is 24.4 Å². The van der Waals surface area contributed by atoms with E-state index in [-0.39, 0.29) is 5.91 Å². The summed E-state index contributed by atoms with van der Waals surface area (Å²) in [7, 11) is 0. The molecule has 2 fully saturated rings. The molecule has 7 nitrogen and oxygen atoms in total. The van der Waals surface area contributed by atoms with Gasteiger partial charge in [0.2, 0.25) is 5.91 Å². The van der Waals surface area contributed by atoms with E-state index in [1.165, 1.54) is 0 Å². The van der Waals surface area contributed by atoms with Gasteiger partial charge in [0.15, 0.2) is 0 Å². The average molecular weight is 376 g/mol. The first kappa shape index (κ1) is 20.0. The minimum atomic E-state index is 0.280. The molecule has 1 amide bonds. The fraction of sp³-hybridized carbons (Fsp3) is 0.700. The number of nitrogens with zero attached hydrogens (tertiary/aromatic N) is 4. The number of carbonyl (C=O) groups excluding carboxylic acids is 1. The molecule has 3 heterocycles. The smallest absolute Gasteiger partial charge is 0.223 e. The summed E-state index contributed by atoms with van der Waals surface area (Å²) in [5, 5.41) is 0. The van der Waals surface area contributed by atoms with Crippen molar-refractivity contribution < 1.29 is 9.53 Å². The minimum absolute atomic E-state index is 0.280. The number of amides is 1.